The minimum absolute atomic E-state index is 0.252. The van der Waals surface area contributed by atoms with Gasteiger partial charge in [0.05, 0.1) is 17.6 Å². The summed E-state index contributed by atoms with van der Waals surface area (Å²) >= 11 is 0. The van der Waals surface area contributed by atoms with E-state index in [1.54, 1.807) is 4.90 Å². The lowest BCUT2D eigenvalue weighted by atomic mass is 10.1. The summed E-state index contributed by atoms with van der Waals surface area (Å²) in [5.74, 6) is 0.787. The van der Waals surface area contributed by atoms with E-state index in [1.165, 1.54) is 12.1 Å². The van der Waals surface area contributed by atoms with Crippen molar-refractivity contribution in [2.45, 2.75) is 12.7 Å². The van der Waals surface area contributed by atoms with Crippen LogP contribution >= 0.6 is 0 Å². The lowest BCUT2D eigenvalue weighted by Gasteiger charge is -2.34. The van der Waals surface area contributed by atoms with Gasteiger partial charge < -0.3 is 10.6 Å². The number of nitrogens with two attached hydrogens (primary N) is 1. The van der Waals surface area contributed by atoms with Crippen LogP contribution in [0.25, 0.3) is 10.9 Å². The second-order valence-corrected chi connectivity index (χ2v) is 7.19. The Morgan fingerprint density at radius 2 is 1.63 bits per heavy atom. The van der Waals surface area contributed by atoms with Crippen molar-refractivity contribution in [1.82, 2.24) is 19.8 Å². The molecule has 0 saturated carbocycles. The first kappa shape index (κ1) is 20.1. The van der Waals surface area contributed by atoms with Gasteiger partial charge in [0, 0.05) is 37.1 Å². The third-order valence-corrected chi connectivity index (χ3v) is 5.16. The van der Waals surface area contributed by atoms with Crippen LogP contribution in [0.1, 0.15) is 21.7 Å². The fourth-order valence-corrected chi connectivity index (χ4v) is 3.52. The highest BCUT2D eigenvalue weighted by atomic mass is 19.4. The van der Waals surface area contributed by atoms with Crippen molar-refractivity contribution in [1.29, 1.82) is 0 Å². The Balaban J connectivity index is 1.37. The highest BCUT2D eigenvalue weighted by Crippen LogP contribution is 2.29. The molecule has 0 aliphatic carbocycles. The van der Waals surface area contributed by atoms with Gasteiger partial charge >= 0.3 is 6.18 Å². The van der Waals surface area contributed by atoms with Crippen molar-refractivity contribution in [2.24, 2.45) is 0 Å². The molecule has 0 spiro atoms. The van der Waals surface area contributed by atoms with E-state index in [4.69, 9.17) is 5.73 Å². The molecule has 2 aromatic carbocycles. The maximum atomic E-state index is 12.7. The third kappa shape index (κ3) is 4.20. The van der Waals surface area contributed by atoms with Crippen molar-refractivity contribution >= 4 is 22.6 Å². The van der Waals surface area contributed by atoms with Gasteiger partial charge in [-0.2, -0.15) is 13.2 Å². The standard InChI is InChI=1S/C21H20F3N5O/c22-21(23,24)15-7-5-14(6-8-15)20(30)29-11-9-28(10-12-29)13-18-26-17-4-2-1-3-16(17)19(25)27-18/h1-8H,9-13H2,(H2,25,26,27). The number of carbonyl (C=O) groups is 1. The summed E-state index contributed by atoms with van der Waals surface area (Å²) in [4.78, 5) is 25.3. The Bertz CT molecular complexity index is 1060. The molecule has 0 atom stereocenters. The smallest absolute Gasteiger partial charge is 0.383 e. The van der Waals surface area contributed by atoms with Crippen LogP contribution in [0.4, 0.5) is 19.0 Å². The number of piperazine rings is 1. The molecule has 30 heavy (non-hydrogen) atoms. The molecule has 2 heterocycles. The van der Waals surface area contributed by atoms with Gasteiger partial charge in [0.15, 0.2) is 0 Å². The Hall–Kier alpha value is -3.20. The van der Waals surface area contributed by atoms with Crippen LogP contribution in [0, 0.1) is 0 Å². The Morgan fingerprint density at radius 1 is 0.967 bits per heavy atom. The first-order valence-corrected chi connectivity index (χ1v) is 9.51. The Labute approximate surface area is 171 Å². The molecule has 6 nitrogen and oxygen atoms in total. The number of hydrogen-bond donors (Lipinski definition) is 1. The first-order valence-electron chi connectivity index (χ1n) is 9.51. The molecule has 9 heteroatoms. The van der Waals surface area contributed by atoms with E-state index in [2.05, 4.69) is 14.9 Å². The van der Waals surface area contributed by atoms with Crippen LogP contribution in [0.2, 0.25) is 0 Å². The van der Waals surface area contributed by atoms with Gasteiger partial charge in [-0.1, -0.05) is 12.1 Å². The van der Waals surface area contributed by atoms with E-state index in [0.29, 0.717) is 44.4 Å². The Kier molecular flexibility index (Phi) is 5.29. The van der Waals surface area contributed by atoms with Crippen molar-refractivity contribution in [3.05, 3.63) is 65.5 Å². The normalized spacial score (nSPS) is 15.5. The van der Waals surface area contributed by atoms with Crippen molar-refractivity contribution < 1.29 is 18.0 Å². The average Bonchev–Trinajstić information content (AvgIpc) is 2.73. The molecule has 1 aliphatic rings. The van der Waals surface area contributed by atoms with E-state index >= 15 is 0 Å². The molecule has 1 aromatic heterocycles. The van der Waals surface area contributed by atoms with Crippen molar-refractivity contribution in [3.8, 4) is 0 Å². The second-order valence-electron chi connectivity index (χ2n) is 7.19. The minimum atomic E-state index is -4.42. The van der Waals surface area contributed by atoms with E-state index in [9.17, 15) is 18.0 Å². The van der Waals surface area contributed by atoms with Gasteiger partial charge in [0.25, 0.3) is 5.91 Å². The number of nitrogen functional groups attached to an aromatic ring is 1. The van der Waals surface area contributed by atoms with Gasteiger partial charge in [0.1, 0.15) is 11.6 Å². The molecule has 0 unspecified atom stereocenters. The summed E-state index contributed by atoms with van der Waals surface area (Å²) in [6.07, 6.45) is -4.42. The quantitative estimate of drug-likeness (QED) is 0.711. The van der Waals surface area contributed by atoms with Crippen LogP contribution in [-0.2, 0) is 12.7 Å². The number of amides is 1. The Morgan fingerprint density at radius 3 is 2.30 bits per heavy atom. The van der Waals surface area contributed by atoms with Gasteiger partial charge in [-0.05, 0) is 36.4 Å². The van der Waals surface area contributed by atoms with E-state index in [0.717, 1.165) is 23.0 Å². The van der Waals surface area contributed by atoms with E-state index in [-0.39, 0.29) is 11.5 Å². The number of anilines is 1. The molecular formula is C21H20F3N5O. The molecule has 4 rings (SSSR count). The summed E-state index contributed by atoms with van der Waals surface area (Å²) < 4.78 is 38.1. The van der Waals surface area contributed by atoms with Crippen LogP contribution in [0.3, 0.4) is 0 Å². The predicted molar refractivity (Wildman–Crippen MR) is 107 cm³/mol. The van der Waals surface area contributed by atoms with Crippen molar-refractivity contribution in [2.75, 3.05) is 31.9 Å². The molecular weight excluding hydrogens is 395 g/mol. The number of hydrogen-bond acceptors (Lipinski definition) is 5. The molecule has 0 bridgehead atoms. The van der Waals surface area contributed by atoms with Crippen LogP contribution in [0.15, 0.2) is 48.5 Å². The molecule has 156 valence electrons. The van der Waals surface area contributed by atoms with Gasteiger partial charge in [-0.15, -0.1) is 0 Å². The third-order valence-electron chi connectivity index (χ3n) is 5.16. The van der Waals surface area contributed by atoms with Crippen LogP contribution < -0.4 is 5.73 Å². The first-order chi connectivity index (χ1) is 14.3. The number of alkyl halides is 3. The lowest BCUT2D eigenvalue weighted by molar-refractivity contribution is -0.137. The highest BCUT2D eigenvalue weighted by molar-refractivity contribution is 5.94. The number of nitrogens with zero attached hydrogens (tertiary/aromatic N) is 4. The van der Waals surface area contributed by atoms with Crippen LogP contribution in [0.5, 0.6) is 0 Å². The van der Waals surface area contributed by atoms with Crippen LogP contribution in [-0.4, -0.2) is 51.9 Å². The van der Waals surface area contributed by atoms with Crippen molar-refractivity contribution in [3.63, 3.8) is 0 Å². The van der Waals surface area contributed by atoms with E-state index in [1.807, 2.05) is 24.3 Å². The topological polar surface area (TPSA) is 75.3 Å². The van der Waals surface area contributed by atoms with Gasteiger partial charge in [-0.3, -0.25) is 9.69 Å². The largest absolute Gasteiger partial charge is 0.416 e. The number of para-hydroxylation sites is 1. The number of benzene rings is 2. The maximum Gasteiger partial charge on any atom is 0.416 e. The fourth-order valence-electron chi connectivity index (χ4n) is 3.52. The molecule has 1 fully saturated rings. The zero-order valence-corrected chi connectivity index (χ0v) is 16.1. The number of fused-ring (bicyclic) bond motifs is 1. The summed E-state index contributed by atoms with van der Waals surface area (Å²) in [7, 11) is 0. The summed E-state index contributed by atoms with van der Waals surface area (Å²) in [5, 5.41) is 0.813. The molecule has 1 aliphatic heterocycles. The molecule has 1 saturated heterocycles. The molecule has 0 radical (unpaired) electrons. The molecule has 3 aromatic rings. The van der Waals surface area contributed by atoms with Gasteiger partial charge in [-0.25, -0.2) is 9.97 Å². The van der Waals surface area contributed by atoms with Gasteiger partial charge in [0.2, 0.25) is 0 Å². The summed E-state index contributed by atoms with van der Waals surface area (Å²) in [6.45, 7) is 2.69. The fraction of sp³-hybridized carbons (Fsp3) is 0.286. The molecule has 1 amide bonds. The lowest BCUT2D eigenvalue weighted by Crippen LogP contribution is -2.48. The maximum absolute atomic E-state index is 12.7. The number of halogens is 3. The average molecular weight is 415 g/mol. The number of aromatic nitrogens is 2. The summed E-state index contributed by atoms with van der Waals surface area (Å²) in [6, 6.07) is 11.9. The number of carbonyl (C=O) groups excluding carboxylic acids is 1. The molecule has 2 N–H and O–H groups in total. The zero-order valence-electron chi connectivity index (χ0n) is 16.1. The SMILES string of the molecule is Nc1nc(CN2CCN(C(=O)c3ccc(C(F)(F)F)cc3)CC2)nc2ccccc12. The predicted octanol–water partition coefficient (Wildman–Crippen LogP) is 3.19. The number of rotatable bonds is 3. The summed E-state index contributed by atoms with van der Waals surface area (Å²) in [5.41, 5.74) is 6.31. The minimum Gasteiger partial charge on any atom is -0.383 e. The zero-order chi connectivity index (χ0) is 21.3. The highest BCUT2D eigenvalue weighted by Gasteiger charge is 2.30. The van der Waals surface area contributed by atoms with E-state index < -0.39 is 11.7 Å². The second kappa shape index (κ2) is 7.91. The monoisotopic (exact) mass is 415 g/mol.